The van der Waals surface area contributed by atoms with Crippen LogP contribution in [0.2, 0.25) is 0 Å². The molecule has 3 unspecified atom stereocenters. The first kappa shape index (κ1) is 29.0. The Labute approximate surface area is 178 Å². The molecule has 0 aliphatic heterocycles. The smallest absolute Gasteiger partial charge is 0.352 e. The number of ether oxygens (including phenoxy) is 3. The van der Waals surface area contributed by atoms with Crippen molar-refractivity contribution >= 4 is 7.82 Å². The third-order valence-corrected chi connectivity index (χ3v) is 5.80. The molecule has 0 saturated carbocycles. The maximum Gasteiger partial charge on any atom is 0.481 e. The van der Waals surface area contributed by atoms with Crippen LogP contribution >= 0.6 is 7.82 Å². The maximum atomic E-state index is 13.2. The Morgan fingerprint density at radius 3 is 1.07 bits per heavy atom. The van der Waals surface area contributed by atoms with Crippen molar-refractivity contribution in [1.29, 1.82) is 0 Å². The number of phosphoric acid groups is 1. The first-order chi connectivity index (χ1) is 13.9. The molecule has 0 aliphatic carbocycles. The van der Waals surface area contributed by atoms with Crippen molar-refractivity contribution < 1.29 is 32.3 Å². The van der Waals surface area contributed by atoms with E-state index >= 15 is 0 Å². The molecule has 0 aliphatic rings. The molecule has 0 N–H and O–H groups in total. The predicted molar refractivity (Wildman–Crippen MR) is 116 cm³/mol. The van der Waals surface area contributed by atoms with Crippen molar-refractivity contribution in [3.8, 4) is 0 Å². The minimum Gasteiger partial charge on any atom is -0.352 e. The van der Waals surface area contributed by atoms with Crippen LogP contribution in [0.3, 0.4) is 0 Å². The molecule has 7 nitrogen and oxygen atoms in total. The van der Waals surface area contributed by atoms with E-state index in [2.05, 4.69) is 20.8 Å². The maximum absolute atomic E-state index is 13.2. The van der Waals surface area contributed by atoms with E-state index in [1.807, 2.05) is 0 Å². The predicted octanol–water partition coefficient (Wildman–Crippen LogP) is 6.80. The van der Waals surface area contributed by atoms with Crippen molar-refractivity contribution in [2.24, 2.45) is 0 Å². The summed E-state index contributed by atoms with van der Waals surface area (Å²) in [5.74, 6) is 0. The molecule has 0 aromatic heterocycles. The zero-order valence-electron chi connectivity index (χ0n) is 19.5. The van der Waals surface area contributed by atoms with Crippen LogP contribution < -0.4 is 0 Å². The Morgan fingerprint density at radius 1 is 0.552 bits per heavy atom. The summed E-state index contributed by atoms with van der Waals surface area (Å²) in [6.07, 6.45) is 7.11. The quantitative estimate of drug-likeness (QED) is 0.110. The van der Waals surface area contributed by atoms with Crippen LogP contribution in [0.15, 0.2) is 0 Å². The minimum atomic E-state index is -3.93. The van der Waals surface area contributed by atoms with Gasteiger partial charge in [-0.25, -0.2) is 4.57 Å². The Kier molecular flexibility index (Phi) is 18.7. The summed E-state index contributed by atoms with van der Waals surface area (Å²) in [5.41, 5.74) is 0. The van der Waals surface area contributed by atoms with Crippen LogP contribution in [0.25, 0.3) is 0 Å². The zero-order valence-corrected chi connectivity index (χ0v) is 20.4. The van der Waals surface area contributed by atoms with Gasteiger partial charge in [-0.2, -0.15) is 0 Å². The second-order valence-electron chi connectivity index (χ2n) is 7.20. The molecule has 0 saturated heterocycles. The van der Waals surface area contributed by atoms with Gasteiger partial charge in [-0.05, 0) is 40.0 Å². The summed E-state index contributed by atoms with van der Waals surface area (Å²) in [7, 11) is -3.93. The van der Waals surface area contributed by atoms with Crippen LogP contribution in [0.5, 0.6) is 0 Å². The van der Waals surface area contributed by atoms with Crippen LogP contribution in [0.4, 0.5) is 0 Å². The first-order valence-electron chi connectivity index (χ1n) is 11.4. The summed E-state index contributed by atoms with van der Waals surface area (Å²) >= 11 is 0. The van der Waals surface area contributed by atoms with Crippen LogP contribution in [0.1, 0.15) is 99.3 Å². The largest absolute Gasteiger partial charge is 0.481 e. The fraction of sp³-hybridized carbons (Fsp3) is 1.00. The molecule has 8 heteroatoms. The van der Waals surface area contributed by atoms with Gasteiger partial charge in [-0.3, -0.25) is 13.6 Å². The van der Waals surface area contributed by atoms with E-state index in [0.717, 1.165) is 57.8 Å². The lowest BCUT2D eigenvalue weighted by molar-refractivity contribution is -0.148. The highest BCUT2D eigenvalue weighted by Crippen LogP contribution is 2.53. The van der Waals surface area contributed by atoms with E-state index in [9.17, 15) is 4.57 Å². The Balaban J connectivity index is 4.67. The van der Waals surface area contributed by atoms with Crippen molar-refractivity contribution in [2.75, 3.05) is 19.8 Å². The van der Waals surface area contributed by atoms with Crippen molar-refractivity contribution in [2.45, 2.75) is 118 Å². The standard InChI is InChI=1S/C21H45O7P/c1-7-10-13-16-23-19(4)26-29(22,27-20(5)24-17-14-11-8-2)28-21(6)25-18-15-12-9-3/h19-21H,7-18H2,1-6H3. The highest BCUT2D eigenvalue weighted by Gasteiger charge is 2.35. The van der Waals surface area contributed by atoms with Crippen LogP contribution in [-0.2, 0) is 32.3 Å². The highest BCUT2D eigenvalue weighted by atomic mass is 31.2. The monoisotopic (exact) mass is 440 g/mol. The zero-order chi connectivity index (χ0) is 22.0. The third-order valence-electron chi connectivity index (χ3n) is 4.13. The Bertz CT molecular complexity index is 351. The molecule has 29 heavy (non-hydrogen) atoms. The number of hydrogen-bond acceptors (Lipinski definition) is 7. The number of hydrogen-bond donors (Lipinski definition) is 0. The lowest BCUT2D eigenvalue weighted by Crippen LogP contribution is -2.22. The van der Waals surface area contributed by atoms with Gasteiger partial charge in [0, 0.05) is 19.8 Å². The lowest BCUT2D eigenvalue weighted by atomic mass is 10.3. The normalized spacial score (nSPS) is 17.0. The SMILES string of the molecule is CCCCCOC(C)OP(=O)(OC(C)OCCCCC)OC(C)OCCCCC. The van der Waals surface area contributed by atoms with Gasteiger partial charge in [0.05, 0.1) is 0 Å². The Morgan fingerprint density at radius 2 is 0.828 bits per heavy atom. The van der Waals surface area contributed by atoms with Gasteiger partial charge >= 0.3 is 7.82 Å². The molecule has 0 rings (SSSR count). The summed E-state index contributed by atoms with van der Waals surface area (Å²) in [4.78, 5) is 0. The third kappa shape index (κ3) is 17.4. The molecule has 0 fully saturated rings. The molecule has 0 heterocycles. The lowest BCUT2D eigenvalue weighted by Gasteiger charge is -2.26. The topological polar surface area (TPSA) is 72.5 Å². The van der Waals surface area contributed by atoms with E-state index in [-0.39, 0.29) is 0 Å². The molecule has 0 radical (unpaired) electrons. The second kappa shape index (κ2) is 18.7. The summed E-state index contributed by atoms with van der Waals surface area (Å²) in [6, 6.07) is 0. The summed E-state index contributed by atoms with van der Waals surface area (Å²) in [5, 5.41) is 0. The van der Waals surface area contributed by atoms with Crippen LogP contribution in [-0.4, -0.2) is 38.7 Å². The molecule has 0 amide bonds. The van der Waals surface area contributed by atoms with E-state index in [4.69, 9.17) is 27.8 Å². The first-order valence-corrected chi connectivity index (χ1v) is 12.8. The van der Waals surface area contributed by atoms with E-state index in [1.165, 1.54) is 0 Å². The second-order valence-corrected chi connectivity index (χ2v) is 8.73. The van der Waals surface area contributed by atoms with E-state index < -0.39 is 26.7 Å². The molecule has 0 bridgehead atoms. The van der Waals surface area contributed by atoms with Crippen LogP contribution in [0, 0.1) is 0 Å². The van der Waals surface area contributed by atoms with E-state index in [0.29, 0.717) is 19.8 Å². The number of rotatable bonds is 21. The average Bonchev–Trinajstić information content (AvgIpc) is 2.65. The van der Waals surface area contributed by atoms with E-state index in [1.54, 1.807) is 20.8 Å². The molecule has 0 spiro atoms. The summed E-state index contributed by atoms with van der Waals surface area (Å²) in [6.45, 7) is 13.0. The fourth-order valence-corrected chi connectivity index (χ4v) is 3.94. The molecule has 0 aromatic rings. The molecule has 3 atom stereocenters. The van der Waals surface area contributed by atoms with Gasteiger partial charge in [-0.1, -0.05) is 59.3 Å². The van der Waals surface area contributed by atoms with Gasteiger partial charge in [-0.15, -0.1) is 0 Å². The van der Waals surface area contributed by atoms with Crippen molar-refractivity contribution in [3.63, 3.8) is 0 Å². The molecular weight excluding hydrogens is 395 g/mol. The Hall–Kier alpha value is -0.0100. The van der Waals surface area contributed by atoms with Gasteiger partial charge in [0.15, 0.2) is 18.9 Å². The van der Waals surface area contributed by atoms with Gasteiger partial charge in [0.2, 0.25) is 0 Å². The molecule has 0 aromatic carbocycles. The highest BCUT2D eigenvalue weighted by molar-refractivity contribution is 7.48. The van der Waals surface area contributed by atoms with Crippen molar-refractivity contribution in [1.82, 2.24) is 0 Å². The van der Waals surface area contributed by atoms with Gasteiger partial charge < -0.3 is 14.2 Å². The van der Waals surface area contributed by atoms with Gasteiger partial charge in [0.1, 0.15) is 0 Å². The number of phosphoric ester groups is 1. The summed E-state index contributed by atoms with van der Waals surface area (Å²) < 4.78 is 46.6. The minimum absolute atomic E-state index is 0.529. The molecular formula is C21H45O7P. The molecule has 176 valence electrons. The average molecular weight is 441 g/mol. The number of unbranched alkanes of at least 4 members (excludes halogenated alkanes) is 6. The van der Waals surface area contributed by atoms with Gasteiger partial charge in [0.25, 0.3) is 0 Å². The fourth-order valence-electron chi connectivity index (χ4n) is 2.52. The van der Waals surface area contributed by atoms with Crippen molar-refractivity contribution in [3.05, 3.63) is 0 Å².